The van der Waals surface area contributed by atoms with Crippen LogP contribution in [0.1, 0.15) is 67.0 Å². The third kappa shape index (κ3) is 5.60. The highest BCUT2D eigenvalue weighted by Gasteiger charge is 2.42. The van der Waals surface area contributed by atoms with E-state index in [0.717, 1.165) is 26.4 Å². The molecule has 2 unspecified atom stereocenters. The highest BCUT2D eigenvalue weighted by molar-refractivity contribution is 7.82. The molecule has 40 heavy (non-hydrogen) atoms. The van der Waals surface area contributed by atoms with Crippen LogP contribution in [0.3, 0.4) is 0 Å². The molecule has 216 valence electrons. The summed E-state index contributed by atoms with van der Waals surface area (Å²) >= 11 is 1.56. The van der Waals surface area contributed by atoms with Gasteiger partial charge in [0.05, 0.1) is 23.3 Å². The number of nitrogens with zero attached hydrogens (tertiary/aromatic N) is 3. The van der Waals surface area contributed by atoms with Gasteiger partial charge in [0.2, 0.25) is 5.88 Å². The maximum absolute atomic E-state index is 13.7. The van der Waals surface area contributed by atoms with Crippen molar-refractivity contribution >= 4 is 39.7 Å². The second-order valence-corrected chi connectivity index (χ2v) is 14.1. The van der Waals surface area contributed by atoms with Gasteiger partial charge >= 0.3 is 5.97 Å². The number of hydrogen-bond donors (Lipinski definition) is 3. The number of anilines is 2. The third-order valence-corrected chi connectivity index (χ3v) is 10.1. The van der Waals surface area contributed by atoms with E-state index in [1.165, 1.54) is 0 Å². The van der Waals surface area contributed by atoms with Crippen molar-refractivity contribution in [3.8, 4) is 5.88 Å². The number of pyridine rings is 1. The number of aryl methyl sites for hydroxylation is 1. The average molecular weight is 586 g/mol. The summed E-state index contributed by atoms with van der Waals surface area (Å²) < 4.78 is 21.7. The standard InChI is InChI=1S/C29H39N5O4S2/c1-8-34(31)21-12-11-20(17(2)25(21)30)24(29(6,7)27(35)36)22-14-19(18(3)39-22)15-33-16-28(4,5)38-26-23(40(33)37)10-9-13-32-26/h9-14,24H,8,15-16,30-31H2,1-7H3,(H,35,36). The third-order valence-electron chi connectivity index (χ3n) is 7.53. The van der Waals surface area contributed by atoms with Gasteiger partial charge < -0.3 is 20.6 Å². The molecule has 1 aliphatic rings. The molecule has 0 amide bonds. The summed E-state index contributed by atoms with van der Waals surface area (Å²) in [5.41, 5.74) is 8.68. The Morgan fingerprint density at radius 2 is 2.02 bits per heavy atom. The molecule has 11 heteroatoms. The van der Waals surface area contributed by atoms with Gasteiger partial charge in [-0.05, 0) is 89.4 Å². The fourth-order valence-corrected chi connectivity index (χ4v) is 7.89. The summed E-state index contributed by atoms with van der Waals surface area (Å²) in [6, 6.07) is 9.39. The monoisotopic (exact) mass is 585 g/mol. The predicted octanol–water partition coefficient (Wildman–Crippen LogP) is 4.98. The first-order valence-electron chi connectivity index (χ1n) is 13.2. The van der Waals surface area contributed by atoms with Crippen LogP contribution in [0, 0.1) is 19.3 Å². The van der Waals surface area contributed by atoms with Crippen LogP contribution in [0.15, 0.2) is 41.4 Å². The number of aliphatic carboxylic acids is 1. The second kappa shape index (κ2) is 11.1. The summed E-state index contributed by atoms with van der Waals surface area (Å²) in [5, 5.41) is 11.9. The molecule has 3 heterocycles. The number of hydrogen-bond acceptors (Lipinski definition) is 8. The molecule has 0 bridgehead atoms. The van der Waals surface area contributed by atoms with E-state index in [2.05, 4.69) is 11.1 Å². The molecule has 0 saturated carbocycles. The molecule has 0 fully saturated rings. The summed E-state index contributed by atoms with van der Waals surface area (Å²) in [4.78, 5) is 19.4. The minimum absolute atomic E-state index is 0.384. The van der Waals surface area contributed by atoms with Gasteiger partial charge in [-0.25, -0.2) is 19.3 Å². The number of carboxylic acid groups (broad SMARTS) is 1. The van der Waals surface area contributed by atoms with Gasteiger partial charge in [0.25, 0.3) is 0 Å². The van der Waals surface area contributed by atoms with Crippen molar-refractivity contribution in [2.24, 2.45) is 11.3 Å². The van der Waals surface area contributed by atoms with Gasteiger partial charge in [0.15, 0.2) is 0 Å². The van der Waals surface area contributed by atoms with Crippen molar-refractivity contribution in [1.82, 2.24) is 9.29 Å². The molecule has 1 aromatic carbocycles. The zero-order valence-electron chi connectivity index (χ0n) is 24.1. The summed E-state index contributed by atoms with van der Waals surface area (Å²) in [6.07, 6.45) is 1.63. The van der Waals surface area contributed by atoms with Crippen LogP contribution >= 0.6 is 11.3 Å². The molecule has 2 aromatic heterocycles. The van der Waals surface area contributed by atoms with Gasteiger partial charge in [0.1, 0.15) is 21.5 Å². The minimum atomic E-state index is -1.48. The van der Waals surface area contributed by atoms with Crippen LogP contribution in [0.2, 0.25) is 0 Å². The summed E-state index contributed by atoms with van der Waals surface area (Å²) in [5.74, 6) is 5.15. The fourth-order valence-electron chi connectivity index (χ4n) is 5.14. The van der Waals surface area contributed by atoms with Crippen molar-refractivity contribution in [1.29, 1.82) is 0 Å². The molecule has 5 N–H and O–H groups in total. The number of rotatable bonds is 8. The topological polar surface area (TPSA) is 135 Å². The Balaban J connectivity index is 1.77. The van der Waals surface area contributed by atoms with E-state index in [-0.39, 0.29) is 0 Å². The highest BCUT2D eigenvalue weighted by Crippen LogP contribution is 2.47. The van der Waals surface area contributed by atoms with Crippen LogP contribution in [-0.2, 0) is 22.3 Å². The van der Waals surface area contributed by atoms with Gasteiger partial charge in [-0.2, -0.15) is 0 Å². The lowest BCUT2D eigenvalue weighted by molar-refractivity contribution is -0.147. The Morgan fingerprint density at radius 1 is 1.32 bits per heavy atom. The Labute approximate surface area is 242 Å². The Morgan fingerprint density at radius 3 is 2.67 bits per heavy atom. The molecule has 2 atom stereocenters. The van der Waals surface area contributed by atoms with Crippen molar-refractivity contribution in [3.63, 3.8) is 0 Å². The molecule has 0 spiro atoms. The summed E-state index contributed by atoms with van der Waals surface area (Å²) in [7, 11) is -1.48. The quantitative estimate of drug-likeness (QED) is 0.191. The molecule has 0 saturated heterocycles. The highest BCUT2D eigenvalue weighted by atomic mass is 32.2. The smallest absolute Gasteiger partial charge is 0.310 e. The van der Waals surface area contributed by atoms with Crippen LogP contribution in [0.5, 0.6) is 5.88 Å². The summed E-state index contributed by atoms with van der Waals surface area (Å²) in [6.45, 7) is 14.7. The van der Waals surface area contributed by atoms with E-state index in [1.807, 2.05) is 51.1 Å². The Bertz CT molecular complexity index is 1450. The van der Waals surface area contributed by atoms with Gasteiger partial charge in [0, 0.05) is 35.0 Å². The van der Waals surface area contributed by atoms with E-state index in [0.29, 0.717) is 41.8 Å². The number of fused-ring (bicyclic) bond motifs is 1. The van der Waals surface area contributed by atoms with E-state index in [9.17, 15) is 14.1 Å². The lowest BCUT2D eigenvalue weighted by atomic mass is 9.72. The first-order chi connectivity index (χ1) is 18.7. The number of ether oxygens (including phenoxy) is 1. The van der Waals surface area contributed by atoms with E-state index in [4.69, 9.17) is 16.3 Å². The van der Waals surface area contributed by atoms with Crippen LogP contribution in [0.25, 0.3) is 0 Å². The molecular formula is C29H39N5O4S2. The van der Waals surface area contributed by atoms with Gasteiger partial charge in [-0.15, -0.1) is 11.3 Å². The van der Waals surface area contributed by atoms with Gasteiger partial charge in [-0.3, -0.25) is 4.79 Å². The average Bonchev–Trinajstić information content (AvgIpc) is 3.19. The van der Waals surface area contributed by atoms with Crippen molar-refractivity contribution in [2.45, 2.75) is 71.4 Å². The number of carbonyl (C=O) groups is 1. The molecule has 4 rings (SSSR count). The number of hydrazine groups is 1. The number of nitrogens with two attached hydrogens (primary N) is 2. The molecule has 9 nitrogen and oxygen atoms in total. The Hall–Kier alpha value is -2.99. The molecule has 1 aliphatic heterocycles. The maximum atomic E-state index is 13.7. The molecule has 0 radical (unpaired) electrons. The number of nitrogen functional groups attached to an aromatic ring is 1. The first-order valence-corrected chi connectivity index (χ1v) is 15.1. The zero-order valence-corrected chi connectivity index (χ0v) is 25.8. The number of carboxylic acids is 1. The normalized spacial score (nSPS) is 17.9. The number of thiophene rings is 1. The van der Waals surface area contributed by atoms with Crippen molar-refractivity contribution in [3.05, 3.63) is 63.0 Å². The second-order valence-electron chi connectivity index (χ2n) is 11.4. The van der Waals surface area contributed by atoms with Crippen LogP contribution in [-0.4, -0.2) is 43.3 Å². The largest absolute Gasteiger partial charge is 0.481 e. The lowest BCUT2D eigenvalue weighted by Gasteiger charge is -2.32. The van der Waals surface area contributed by atoms with Crippen molar-refractivity contribution in [2.75, 3.05) is 23.8 Å². The lowest BCUT2D eigenvalue weighted by Crippen LogP contribution is -2.41. The fraction of sp³-hybridized carbons (Fsp3) is 0.448. The van der Waals surface area contributed by atoms with Crippen LogP contribution in [0.4, 0.5) is 11.4 Å². The Kier molecular flexibility index (Phi) is 8.33. The maximum Gasteiger partial charge on any atom is 0.310 e. The number of aromatic nitrogens is 1. The predicted molar refractivity (Wildman–Crippen MR) is 161 cm³/mol. The van der Waals surface area contributed by atoms with E-state index >= 15 is 0 Å². The first kappa shape index (κ1) is 30.0. The molecule has 3 aromatic rings. The molecule has 0 aliphatic carbocycles. The van der Waals surface area contributed by atoms with E-state index < -0.39 is 33.9 Å². The van der Waals surface area contributed by atoms with Gasteiger partial charge in [-0.1, -0.05) is 6.07 Å². The van der Waals surface area contributed by atoms with Crippen molar-refractivity contribution < 1.29 is 18.8 Å². The minimum Gasteiger partial charge on any atom is -0.481 e. The zero-order chi connectivity index (χ0) is 29.6. The SMILES string of the molecule is CCN(N)c1ccc(C(c2cc(CN3CC(C)(C)Oc4ncccc4S3=O)c(C)s2)C(C)(C)C(=O)O)c(C)c1N. The van der Waals surface area contributed by atoms with Crippen LogP contribution < -0.4 is 21.3 Å². The molecular weight excluding hydrogens is 546 g/mol. The number of benzene rings is 1. The van der Waals surface area contributed by atoms with E-state index in [1.54, 1.807) is 48.5 Å².